The van der Waals surface area contributed by atoms with E-state index in [9.17, 15) is 9.18 Å². The van der Waals surface area contributed by atoms with E-state index >= 15 is 0 Å². The molecular formula is C8H8FN3O. The molecule has 0 saturated carbocycles. The highest BCUT2D eigenvalue weighted by Gasteiger charge is 2.07. The van der Waals surface area contributed by atoms with Gasteiger partial charge in [-0.25, -0.2) is 13.9 Å². The van der Waals surface area contributed by atoms with Gasteiger partial charge in [-0.2, -0.15) is 0 Å². The lowest BCUT2D eigenvalue weighted by Gasteiger charge is -1.93. The van der Waals surface area contributed by atoms with Gasteiger partial charge in [-0.3, -0.25) is 4.57 Å². The molecule has 2 rings (SSSR count). The summed E-state index contributed by atoms with van der Waals surface area (Å²) in [4.78, 5) is 11.3. The quantitative estimate of drug-likeness (QED) is 0.590. The lowest BCUT2D eigenvalue weighted by molar-refractivity contribution is 0.629. The Morgan fingerprint density at radius 2 is 2.08 bits per heavy atom. The molecule has 0 radical (unpaired) electrons. The van der Waals surface area contributed by atoms with Crippen LogP contribution in [0.15, 0.2) is 23.0 Å². The van der Waals surface area contributed by atoms with Gasteiger partial charge in [0.2, 0.25) is 0 Å². The molecule has 0 saturated heterocycles. The largest absolute Gasteiger partial charge is 0.347 e. The first kappa shape index (κ1) is 7.85. The molecule has 0 unspecified atom stereocenters. The van der Waals surface area contributed by atoms with Crippen LogP contribution in [0.3, 0.4) is 0 Å². The van der Waals surface area contributed by atoms with Crippen molar-refractivity contribution in [1.82, 2.24) is 9.24 Å². The number of hydrogen-bond donors (Lipinski definition) is 1. The minimum atomic E-state index is -0.405. The van der Waals surface area contributed by atoms with Crippen LogP contribution in [0.2, 0.25) is 0 Å². The van der Waals surface area contributed by atoms with Crippen LogP contribution in [0.1, 0.15) is 0 Å². The number of aryl methyl sites for hydroxylation is 1. The van der Waals surface area contributed by atoms with Gasteiger partial charge in [0.25, 0.3) is 0 Å². The van der Waals surface area contributed by atoms with E-state index in [0.717, 1.165) is 4.68 Å². The zero-order valence-electron chi connectivity index (χ0n) is 6.99. The Bertz CT molecular complexity index is 526. The van der Waals surface area contributed by atoms with E-state index in [1.165, 1.54) is 22.8 Å². The Labute approximate surface area is 73.0 Å². The normalized spacial score (nSPS) is 10.9. The minimum absolute atomic E-state index is 0.361. The number of nitrogens with zero attached hydrogens (tertiary/aromatic N) is 2. The fraction of sp³-hybridized carbons (Fsp3) is 0.125. The summed E-state index contributed by atoms with van der Waals surface area (Å²) in [5, 5.41) is 0. The number of rotatable bonds is 0. The number of hydrogen-bond acceptors (Lipinski definition) is 2. The second-order valence-corrected chi connectivity index (χ2v) is 2.84. The molecule has 0 aliphatic rings. The summed E-state index contributed by atoms with van der Waals surface area (Å²) >= 11 is 0. The monoisotopic (exact) mass is 181 g/mol. The number of nitrogens with two attached hydrogens (primary N) is 1. The first-order valence-electron chi connectivity index (χ1n) is 3.73. The van der Waals surface area contributed by atoms with Crippen LogP contribution in [0.25, 0.3) is 11.0 Å². The topological polar surface area (TPSA) is 53.0 Å². The fourth-order valence-corrected chi connectivity index (χ4v) is 1.34. The summed E-state index contributed by atoms with van der Waals surface area (Å²) in [5.41, 5.74) is 0.655. The molecule has 5 heteroatoms. The number of nitrogen functional groups attached to an aromatic ring is 1. The van der Waals surface area contributed by atoms with Crippen molar-refractivity contribution in [2.45, 2.75) is 0 Å². The van der Waals surface area contributed by atoms with Crippen molar-refractivity contribution in [3.63, 3.8) is 0 Å². The van der Waals surface area contributed by atoms with Gasteiger partial charge in [0, 0.05) is 13.1 Å². The number of halogens is 1. The highest BCUT2D eigenvalue weighted by atomic mass is 19.1. The van der Waals surface area contributed by atoms with Crippen LogP contribution in [-0.4, -0.2) is 9.24 Å². The van der Waals surface area contributed by atoms with Crippen LogP contribution >= 0.6 is 0 Å². The van der Waals surface area contributed by atoms with Gasteiger partial charge < -0.3 is 5.84 Å². The maximum atomic E-state index is 12.8. The van der Waals surface area contributed by atoms with Gasteiger partial charge in [0.05, 0.1) is 11.0 Å². The third kappa shape index (κ3) is 0.932. The molecule has 1 aromatic heterocycles. The molecule has 0 fully saturated rings. The third-order valence-corrected chi connectivity index (χ3v) is 2.05. The summed E-state index contributed by atoms with van der Waals surface area (Å²) < 4.78 is 15.1. The van der Waals surface area contributed by atoms with Crippen LogP contribution in [0.5, 0.6) is 0 Å². The zero-order valence-corrected chi connectivity index (χ0v) is 6.99. The summed E-state index contributed by atoms with van der Waals surface area (Å²) in [6, 6.07) is 4.05. The molecule has 0 spiro atoms. The van der Waals surface area contributed by atoms with Crippen molar-refractivity contribution in [2.75, 3.05) is 5.84 Å². The predicted octanol–water partition coefficient (Wildman–Crippen LogP) is 0.193. The standard InChI is InChI=1S/C8H8FN3O/c1-11-6-3-2-5(9)4-7(6)12(10)8(11)13/h2-4H,10H2,1H3. The van der Waals surface area contributed by atoms with Gasteiger partial charge in [-0.05, 0) is 12.1 Å². The van der Waals surface area contributed by atoms with Crippen molar-refractivity contribution >= 4 is 11.0 Å². The summed E-state index contributed by atoms with van der Waals surface area (Å²) in [6.07, 6.45) is 0. The summed E-state index contributed by atoms with van der Waals surface area (Å²) in [7, 11) is 1.59. The molecule has 1 heterocycles. The predicted molar refractivity (Wildman–Crippen MR) is 47.3 cm³/mol. The molecule has 0 bridgehead atoms. The van der Waals surface area contributed by atoms with Gasteiger partial charge in [-0.1, -0.05) is 0 Å². The maximum Gasteiger partial charge on any atom is 0.347 e. The van der Waals surface area contributed by atoms with Gasteiger partial charge in [0.1, 0.15) is 5.82 Å². The SMILES string of the molecule is Cn1c(=O)n(N)c2cc(F)ccc21. The van der Waals surface area contributed by atoms with Crippen molar-refractivity contribution in [2.24, 2.45) is 7.05 Å². The van der Waals surface area contributed by atoms with Crippen molar-refractivity contribution in [1.29, 1.82) is 0 Å². The van der Waals surface area contributed by atoms with Gasteiger partial charge >= 0.3 is 5.69 Å². The fourth-order valence-electron chi connectivity index (χ4n) is 1.34. The van der Waals surface area contributed by atoms with E-state index in [-0.39, 0.29) is 5.69 Å². The first-order valence-corrected chi connectivity index (χ1v) is 3.73. The molecule has 13 heavy (non-hydrogen) atoms. The molecule has 1 aromatic carbocycles. The number of benzene rings is 1. The Morgan fingerprint density at radius 3 is 2.77 bits per heavy atom. The maximum absolute atomic E-state index is 12.8. The van der Waals surface area contributed by atoms with E-state index in [1.807, 2.05) is 0 Å². The Kier molecular flexibility index (Phi) is 1.42. The molecule has 0 aliphatic heterocycles. The average Bonchev–Trinajstić information content (AvgIpc) is 2.32. The molecule has 0 atom stereocenters. The zero-order chi connectivity index (χ0) is 9.59. The molecule has 0 aliphatic carbocycles. The van der Waals surface area contributed by atoms with E-state index in [0.29, 0.717) is 11.0 Å². The lowest BCUT2D eigenvalue weighted by atomic mass is 10.3. The Hall–Kier alpha value is -1.78. The highest BCUT2D eigenvalue weighted by Crippen LogP contribution is 2.11. The van der Waals surface area contributed by atoms with Crippen LogP contribution < -0.4 is 11.5 Å². The van der Waals surface area contributed by atoms with Crippen molar-refractivity contribution in [3.8, 4) is 0 Å². The molecule has 2 N–H and O–H groups in total. The number of imidazole rings is 1. The second-order valence-electron chi connectivity index (χ2n) is 2.84. The van der Waals surface area contributed by atoms with Gasteiger partial charge in [0.15, 0.2) is 0 Å². The molecule has 68 valence electrons. The average molecular weight is 181 g/mol. The lowest BCUT2D eigenvalue weighted by Crippen LogP contribution is -2.27. The molecule has 4 nitrogen and oxygen atoms in total. The smallest absolute Gasteiger partial charge is 0.335 e. The number of fused-ring (bicyclic) bond motifs is 1. The molecule has 0 amide bonds. The highest BCUT2D eigenvalue weighted by molar-refractivity contribution is 5.76. The summed E-state index contributed by atoms with van der Waals surface area (Å²) in [5.74, 6) is 5.02. The molecule has 2 aromatic rings. The summed E-state index contributed by atoms with van der Waals surface area (Å²) in [6.45, 7) is 0. The number of aromatic nitrogens is 2. The first-order chi connectivity index (χ1) is 6.11. The Balaban J connectivity index is 3.04. The van der Waals surface area contributed by atoms with E-state index in [4.69, 9.17) is 5.84 Å². The van der Waals surface area contributed by atoms with E-state index in [2.05, 4.69) is 0 Å². The second kappa shape index (κ2) is 2.35. The van der Waals surface area contributed by atoms with Crippen LogP contribution in [0, 0.1) is 5.82 Å². The van der Waals surface area contributed by atoms with Gasteiger partial charge in [-0.15, -0.1) is 0 Å². The van der Waals surface area contributed by atoms with E-state index in [1.54, 1.807) is 7.05 Å². The minimum Gasteiger partial charge on any atom is -0.335 e. The third-order valence-electron chi connectivity index (χ3n) is 2.05. The molecular weight excluding hydrogens is 173 g/mol. The van der Waals surface area contributed by atoms with Crippen molar-refractivity contribution in [3.05, 3.63) is 34.5 Å². The van der Waals surface area contributed by atoms with Crippen LogP contribution in [-0.2, 0) is 7.05 Å². The van der Waals surface area contributed by atoms with E-state index < -0.39 is 5.82 Å². The van der Waals surface area contributed by atoms with Crippen molar-refractivity contribution < 1.29 is 4.39 Å². The van der Waals surface area contributed by atoms with Crippen LogP contribution in [0.4, 0.5) is 4.39 Å². The Morgan fingerprint density at radius 1 is 1.38 bits per heavy atom.